The summed E-state index contributed by atoms with van der Waals surface area (Å²) in [7, 11) is 0. The fourth-order valence-corrected chi connectivity index (χ4v) is 4.99. The molecular weight excluding hydrogens is 386 g/mol. The minimum Gasteiger partial charge on any atom is -0.368 e. The van der Waals surface area contributed by atoms with Crippen molar-refractivity contribution in [3.63, 3.8) is 0 Å². The van der Waals surface area contributed by atoms with Crippen molar-refractivity contribution in [2.75, 3.05) is 29.9 Å². The molecule has 4 heterocycles. The summed E-state index contributed by atoms with van der Waals surface area (Å²) in [6.45, 7) is 4.75. The van der Waals surface area contributed by atoms with Gasteiger partial charge in [-0.2, -0.15) is 4.52 Å². The third-order valence-electron chi connectivity index (χ3n) is 5.57. The van der Waals surface area contributed by atoms with E-state index in [0.29, 0.717) is 12.4 Å². The molecule has 0 bridgehead atoms. The van der Waals surface area contributed by atoms with Gasteiger partial charge < -0.3 is 15.0 Å². The van der Waals surface area contributed by atoms with Crippen molar-refractivity contribution in [2.24, 2.45) is 0 Å². The Bertz CT molecular complexity index is 1030. The Kier molecular flexibility index (Phi) is 4.97. The van der Waals surface area contributed by atoms with Crippen LogP contribution in [0, 0.1) is 6.92 Å². The zero-order chi connectivity index (χ0) is 19.8. The summed E-state index contributed by atoms with van der Waals surface area (Å²) in [5, 5.41) is 8.87. The van der Waals surface area contributed by atoms with Gasteiger partial charge in [0.2, 0.25) is 10.1 Å². The molecule has 2 saturated heterocycles. The average Bonchev–Trinajstić information content (AvgIpc) is 3.46. The van der Waals surface area contributed by atoms with Crippen LogP contribution in [0.4, 0.5) is 10.9 Å². The highest BCUT2D eigenvalue weighted by atomic mass is 32.1. The first-order valence-corrected chi connectivity index (χ1v) is 11.1. The van der Waals surface area contributed by atoms with Gasteiger partial charge in [-0.05, 0) is 45.1 Å². The Labute approximate surface area is 173 Å². The van der Waals surface area contributed by atoms with Crippen molar-refractivity contribution in [3.05, 3.63) is 29.8 Å². The molecule has 0 unspecified atom stereocenters. The van der Waals surface area contributed by atoms with Crippen molar-refractivity contribution >= 4 is 33.2 Å². The Hall–Kier alpha value is -2.45. The smallest absolute Gasteiger partial charge is 0.254 e. The number of carbonyl (C=O) groups is 1. The second-order valence-electron chi connectivity index (χ2n) is 7.80. The summed E-state index contributed by atoms with van der Waals surface area (Å²) in [5.41, 5.74) is 2.88. The van der Waals surface area contributed by atoms with Gasteiger partial charge in [-0.1, -0.05) is 35.1 Å². The molecule has 29 heavy (non-hydrogen) atoms. The van der Waals surface area contributed by atoms with Gasteiger partial charge in [0.1, 0.15) is 11.8 Å². The predicted molar refractivity (Wildman–Crippen MR) is 115 cm³/mol. The SMILES string of the molecule is Cc1cccc(-c2nc3sc(N4CCCCC4)nn3c2NC(=O)[C@H]2CCCO2)c1. The molecule has 1 N–H and O–H groups in total. The number of aryl methyl sites for hydroxylation is 1. The molecule has 1 amide bonds. The molecule has 0 aliphatic carbocycles. The van der Waals surface area contributed by atoms with E-state index in [9.17, 15) is 4.79 Å². The van der Waals surface area contributed by atoms with E-state index in [1.807, 2.05) is 12.1 Å². The largest absolute Gasteiger partial charge is 0.368 e. The van der Waals surface area contributed by atoms with Crippen LogP contribution in [0.15, 0.2) is 24.3 Å². The normalized spacial score (nSPS) is 19.8. The van der Waals surface area contributed by atoms with Crippen LogP contribution in [0.3, 0.4) is 0 Å². The number of nitrogens with zero attached hydrogens (tertiary/aromatic N) is 4. The maximum Gasteiger partial charge on any atom is 0.254 e. The third-order valence-corrected chi connectivity index (χ3v) is 6.54. The second-order valence-corrected chi connectivity index (χ2v) is 8.73. The van der Waals surface area contributed by atoms with Gasteiger partial charge in [0, 0.05) is 25.3 Å². The Morgan fingerprint density at radius 3 is 2.86 bits per heavy atom. The van der Waals surface area contributed by atoms with Gasteiger partial charge in [0.25, 0.3) is 5.91 Å². The Morgan fingerprint density at radius 1 is 1.24 bits per heavy atom. The van der Waals surface area contributed by atoms with Gasteiger partial charge in [-0.3, -0.25) is 4.79 Å². The molecule has 0 spiro atoms. The molecule has 0 saturated carbocycles. The lowest BCUT2D eigenvalue weighted by atomic mass is 10.1. The molecule has 3 aromatic rings. The van der Waals surface area contributed by atoms with E-state index in [-0.39, 0.29) is 5.91 Å². The highest BCUT2D eigenvalue weighted by Gasteiger charge is 2.28. The van der Waals surface area contributed by atoms with Gasteiger partial charge in [-0.15, -0.1) is 5.10 Å². The molecule has 5 rings (SSSR count). The zero-order valence-corrected chi connectivity index (χ0v) is 17.4. The average molecular weight is 412 g/mol. The summed E-state index contributed by atoms with van der Waals surface area (Å²) in [4.78, 5) is 20.8. The van der Waals surface area contributed by atoms with Gasteiger partial charge >= 0.3 is 0 Å². The van der Waals surface area contributed by atoms with Crippen LogP contribution < -0.4 is 10.2 Å². The molecule has 0 radical (unpaired) electrons. The van der Waals surface area contributed by atoms with Crippen LogP contribution in [-0.4, -0.2) is 46.3 Å². The number of anilines is 2. The number of carbonyl (C=O) groups excluding carboxylic acids is 1. The molecule has 2 aromatic heterocycles. The number of amides is 1. The minimum absolute atomic E-state index is 0.120. The Balaban J connectivity index is 1.55. The van der Waals surface area contributed by atoms with Gasteiger partial charge in [0.05, 0.1) is 0 Å². The summed E-state index contributed by atoms with van der Waals surface area (Å²) < 4.78 is 7.36. The lowest BCUT2D eigenvalue weighted by molar-refractivity contribution is -0.124. The number of benzene rings is 1. The summed E-state index contributed by atoms with van der Waals surface area (Å²) in [6.07, 6.45) is 4.94. The van der Waals surface area contributed by atoms with Crippen molar-refractivity contribution in [2.45, 2.75) is 45.1 Å². The van der Waals surface area contributed by atoms with E-state index < -0.39 is 6.10 Å². The fourth-order valence-electron chi connectivity index (χ4n) is 4.04. The van der Waals surface area contributed by atoms with E-state index >= 15 is 0 Å². The van der Waals surface area contributed by atoms with E-state index in [1.54, 1.807) is 15.9 Å². The number of imidazole rings is 1. The van der Waals surface area contributed by atoms with Crippen LogP contribution in [-0.2, 0) is 9.53 Å². The lowest BCUT2D eigenvalue weighted by Crippen LogP contribution is -2.29. The predicted octanol–water partition coefficient (Wildman–Crippen LogP) is 3.87. The molecule has 1 aromatic carbocycles. The third kappa shape index (κ3) is 3.62. The summed E-state index contributed by atoms with van der Waals surface area (Å²) >= 11 is 1.58. The number of piperidine rings is 1. The number of aromatic nitrogens is 3. The van der Waals surface area contributed by atoms with Crippen LogP contribution in [0.2, 0.25) is 0 Å². The first kappa shape index (κ1) is 18.6. The molecule has 2 aliphatic heterocycles. The Morgan fingerprint density at radius 2 is 2.10 bits per heavy atom. The van der Waals surface area contributed by atoms with Crippen LogP contribution in [0.25, 0.3) is 16.2 Å². The van der Waals surface area contributed by atoms with Crippen LogP contribution >= 0.6 is 11.3 Å². The molecule has 2 fully saturated rings. The van der Waals surface area contributed by atoms with E-state index in [0.717, 1.165) is 52.8 Å². The zero-order valence-electron chi connectivity index (χ0n) is 16.6. The van der Waals surface area contributed by atoms with E-state index in [4.69, 9.17) is 14.8 Å². The maximum atomic E-state index is 12.8. The van der Waals surface area contributed by atoms with Gasteiger partial charge in [-0.25, -0.2) is 4.98 Å². The monoisotopic (exact) mass is 411 g/mol. The molecule has 2 aliphatic rings. The second kappa shape index (κ2) is 7.76. The molecule has 8 heteroatoms. The van der Waals surface area contributed by atoms with Crippen LogP contribution in [0.5, 0.6) is 0 Å². The number of hydrogen-bond donors (Lipinski definition) is 1. The van der Waals surface area contributed by atoms with Crippen molar-refractivity contribution in [1.29, 1.82) is 0 Å². The van der Waals surface area contributed by atoms with Crippen LogP contribution in [0.1, 0.15) is 37.7 Å². The molecule has 1 atom stereocenters. The first-order valence-electron chi connectivity index (χ1n) is 10.3. The lowest BCUT2D eigenvalue weighted by Gasteiger charge is -2.25. The number of ether oxygens (including phenoxy) is 1. The van der Waals surface area contributed by atoms with Crippen molar-refractivity contribution in [3.8, 4) is 11.3 Å². The molecule has 7 nitrogen and oxygen atoms in total. The number of nitrogens with one attached hydrogen (secondary N) is 1. The summed E-state index contributed by atoms with van der Waals surface area (Å²) in [6, 6.07) is 8.17. The number of fused-ring (bicyclic) bond motifs is 1. The minimum atomic E-state index is -0.397. The first-order chi connectivity index (χ1) is 14.2. The van der Waals surface area contributed by atoms with E-state index in [2.05, 4.69) is 29.3 Å². The van der Waals surface area contributed by atoms with Crippen molar-refractivity contribution < 1.29 is 9.53 Å². The maximum absolute atomic E-state index is 12.8. The molecular formula is C21H25N5O2S. The topological polar surface area (TPSA) is 71.8 Å². The summed E-state index contributed by atoms with van der Waals surface area (Å²) in [5.74, 6) is 0.510. The fraction of sp³-hybridized carbons (Fsp3) is 0.476. The number of rotatable bonds is 4. The quantitative estimate of drug-likeness (QED) is 0.706. The van der Waals surface area contributed by atoms with E-state index in [1.165, 1.54) is 19.3 Å². The van der Waals surface area contributed by atoms with Crippen molar-refractivity contribution in [1.82, 2.24) is 14.6 Å². The van der Waals surface area contributed by atoms with Gasteiger partial charge in [0.15, 0.2) is 5.82 Å². The highest BCUT2D eigenvalue weighted by molar-refractivity contribution is 7.20. The highest BCUT2D eigenvalue weighted by Crippen LogP contribution is 2.34. The molecule has 152 valence electrons. The standard InChI is InChI=1S/C21H25N5O2S/c1-14-7-5-8-15(13-14)17-18(23-19(27)16-9-6-12-28-16)26-20(22-17)29-21(24-26)25-10-3-2-4-11-25/h5,7-8,13,16H,2-4,6,9-12H2,1H3,(H,23,27)/t16-/m1/s1. The number of hydrogen-bond acceptors (Lipinski definition) is 6.